The van der Waals surface area contributed by atoms with Crippen molar-refractivity contribution in [1.82, 2.24) is 19.5 Å². The number of hydrogen-bond acceptors (Lipinski definition) is 9. The van der Waals surface area contributed by atoms with Gasteiger partial charge in [-0.2, -0.15) is 0 Å². The zero-order valence-electron chi connectivity index (χ0n) is 20.8. The van der Waals surface area contributed by atoms with E-state index in [4.69, 9.17) is 18.7 Å². The lowest BCUT2D eigenvalue weighted by molar-refractivity contribution is -0.149. The van der Waals surface area contributed by atoms with Gasteiger partial charge in [-0.15, -0.1) is 0 Å². The van der Waals surface area contributed by atoms with Gasteiger partial charge in [0.05, 0.1) is 12.9 Å². The second-order valence-electron chi connectivity index (χ2n) is 9.16. The van der Waals surface area contributed by atoms with Crippen LogP contribution in [0.15, 0.2) is 73.3 Å². The lowest BCUT2D eigenvalue weighted by Gasteiger charge is -2.21. The van der Waals surface area contributed by atoms with Gasteiger partial charge in [0.15, 0.2) is 29.5 Å². The van der Waals surface area contributed by atoms with Crippen LogP contribution >= 0.6 is 7.82 Å². The third-order valence-corrected chi connectivity index (χ3v) is 6.94. The number of amides is 2. The summed E-state index contributed by atoms with van der Waals surface area (Å²) < 4.78 is 36.2. The second-order valence-corrected chi connectivity index (χ2v) is 10.4. The fraction of sp³-hybridized carbons (Fsp3) is 0.280. The van der Waals surface area contributed by atoms with Gasteiger partial charge in [0.1, 0.15) is 24.6 Å². The van der Waals surface area contributed by atoms with Crippen LogP contribution < -0.4 is 10.6 Å². The standard InChI is InChI=1S/C25H25N6O8P/c32-25(29-16-9-5-2-6-10-16)30-22-19-23(27-13-26-22)31(14-28-19)24-21-20(17(37-24)12-36-40(33,34)35)38-18(39-21)11-15-7-3-1-4-8-15/h1-10,13-14,17-18,20-21,24H,11-12H2,(H2,33,34,35)(H2,26,27,29,30,32)/t17-,18?,20?,21?,24-/m1/s1. The van der Waals surface area contributed by atoms with Gasteiger partial charge in [-0.05, 0) is 17.7 Å². The molecule has 2 aliphatic rings. The predicted octanol–water partition coefficient (Wildman–Crippen LogP) is 2.83. The number of hydrogen-bond donors (Lipinski definition) is 4. The zero-order valence-corrected chi connectivity index (χ0v) is 21.7. The first kappa shape index (κ1) is 26.5. The highest BCUT2D eigenvalue weighted by Crippen LogP contribution is 2.43. The number of phosphoric acid groups is 1. The summed E-state index contributed by atoms with van der Waals surface area (Å²) in [5.41, 5.74) is 2.26. The molecule has 4 N–H and O–H groups in total. The molecule has 208 valence electrons. The summed E-state index contributed by atoms with van der Waals surface area (Å²) in [6.45, 7) is -0.419. The van der Waals surface area contributed by atoms with Gasteiger partial charge < -0.3 is 29.3 Å². The number of anilines is 2. The summed E-state index contributed by atoms with van der Waals surface area (Å²) in [6.07, 6.45) is -0.415. The maximum absolute atomic E-state index is 12.6. The molecule has 6 rings (SSSR count). The van der Waals surface area contributed by atoms with Gasteiger partial charge in [-0.1, -0.05) is 48.5 Å². The molecule has 4 heterocycles. The number of para-hydroxylation sites is 1. The van der Waals surface area contributed by atoms with Crippen LogP contribution in [0.4, 0.5) is 16.3 Å². The number of nitrogens with one attached hydrogen (secondary N) is 2. The summed E-state index contributed by atoms with van der Waals surface area (Å²) in [6, 6.07) is 18.1. The van der Waals surface area contributed by atoms with E-state index < -0.39 is 51.3 Å². The topological polar surface area (TPSA) is 179 Å². The Balaban J connectivity index is 1.24. The number of urea groups is 1. The van der Waals surface area contributed by atoms with Crippen molar-refractivity contribution in [1.29, 1.82) is 0 Å². The molecular weight excluding hydrogens is 543 g/mol. The van der Waals surface area contributed by atoms with Crippen LogP contribution in [-0.2, 0) is 29.7 Å². The number of carbonyl (C=O) groups excluding carboxylic acids is 1. The van der Waals surface area contributed by atoms with E-state index in [0.29, 0.717) is 23.3 Å². The molecule has 2 aromatic carbocycles. The van der Waals surface area contributed by atoms with Crippen molar-refractivity contribution in [3.8, 4) is 0 Å². The maximum Gasteiger partial charge on any atom is 0.469 e. The summed E-state index contributed by atoms with van der Waals surface area (Å²) in [4.78, 5) is 43.9. The monoisotopic (exact) mass is 568 g/mol. The van der Waals surface area contributed by atoms with Gasteiger partial charge in [-0.25, -0.2) is 24.3 Å². The Morgan fingerprint density at radius 3 is 2.42 bits per heavy atom. The minimum Gasteiger partial charge on any atom is -0.347 e. The number of carbonyl (C=O) groups is 1. The smallest absolute Gasteiger partial charge is 0.347 e. The third-order valence-electron chi connectivity index (χ3n) is 6.45. The van der Waals surface area contributed by atoms with Gasteiger partial charge >= 0.3 is 13.9 Å². The molecule has 0 spiro atoms. The molecule has 2 aromatic heterocycles. The molecule has 0 saturated carbocycles. The molecule has 0 bridgehead atoms. The van der Waals surface area contributed by atoms with Crippen molar-refractivity contribution in [2.75, 3.05) is 17.2 Å². The largest absolute Gasteiger partial charge is 0.469 e. The SMILES string of the molecule is O=C(Nc1ccccc1)Nc1ncnc2c1ncn2[C@@H]1O[C@H](COP(=O)(O)O)C2OC(Cc3ccccc3)OC21. The summed E-state index contributed by atoms with van der Waals surface area (Å²) >= 11 is 0. The highest BCUT2D eigenvalue weighted by Gasteiger charge is 2.54. The van der Waals surface area contributed by atoms with Crippen LogP contribution in [0.1, 0.15) is 11.8 Å². The molecule has 5 atom stereocenters. The van der Waals surface area contributed by atoms with Crippen molar-refractivity contribution >= 4 is 36.5 Å². The first-order valence-corrected chi connectivity index (χ1v) is 13.9. The second kappa shape index (κ2) is 11.0. The molecule has 14 nitrogen and oxygen atoms in total. The van der Waals surface area contributed by atoms with E-state index in [2.05, 4.69) is 25.6 Å². The number of benzene rings is 2. The van der Waals surface area contributed by atoms with E-state index in [1.165, 1.54) is 12.7 Å². The first-order chi connectivity index (χ1) is 19.3. The number of phosphoric ester groups is 1. The predicted molar refractivity (Wildman–Crippen MR) is 140 cm³/mol. The minimum absolute atomic E-state index is 0.179. The van der Waals surface area contributed by atoms with Gasteiger partial charge in [-0.3, -0.25) is 14.4 Å². The number of rotatable bonds is 8. The zero-order chi connectivity index (χ0) is 27.7. The molecule has 3 unspecified atom stereocenters. The Labute approximate surface area is 227 Å². The van der Waals surface area contributed by atoms with Gasteiger partial charge in [0, 0.05) is 12.1 Å². The molecular formula is C25H25N6O8P. The Bertz CT molecular complexity index is 1530. The molecule has 2 amide bonds. The van der Waals surface area contributed by atoms with Crippen molar-refractivity contribution in [2.45, 2.75) is 37.3 Å². The highest BCUT2D eigenvalue weighted by molar-refractivity contribution is 7.46. The van der Waals surface area contributed by atoms with Gasteiger partial charge in [0.2, 0.25) is 0 Å². The number of fused-ring (bicyclic) bond motifs is 2. The summed E-state index contributed by atoms with van der Waals surface area (Å²) in [7, 11) is -4.75. The van der Waals surface area contributed by atoms with Crippen LogP contribution in [0.3, 0.4) is 0 Å². The normalized spacial score (nSPS) is 24.2. The molecule has 0 aliphatic carbocycles. The van der Waals surface area contributed by atoms with Crippen molar-refractivity contribution in [2.24, 2.45) is 0 Å². The molecule has 4 aromatic rings. The number of aromatic nitrogens is 4. The van der Waals surface area contributed by atoms with Gasteiger partial charge in [0.25, 0.3) is 0 Å². The van der Waals surface area contributed by atoms with Crippen LogP contribution in [0, 0.1) is 0 Å². The van der Waals surface area contributed by atoms with Crippen molar-refractivity contribution in [3.63, 3.8) is 0 Å². The van der Waals surface area contributed by atoms with Crippen molar-refractivity contribution < 1.29 is 37.9 Å². The number of nitrogens with zero attached hydrogens (tertiary/aromatic N) is 4. The third kappa shape index (κ3) is 5.74. The fourth-order valence-corrected chi connectivity index (χ4v) is 5.09. The van der Waals surface area contributed by atoms with Crippen LogP contribution in [0.25, 0.3) is 11.2 Å². The van der Waals surface area contributed by atoms with Crippen LogP contribution in [0.2, 0.25) is 0 Å². The van der Waals surface area contributed by atoms with Crippen LogP contribution in [-0.4, -0.2) is 66.5 Å². The van der Waals surface area contributed by atoms with E-state index in [-0.39, 0.29) is 5.82 Å². The Kier molecular flexibility index (Phi) is 7.29. The molecule has 15 heteroatoms. The van der Waals surface area contributed by atoms with Crippen LogP contribution in [0.5, 0.6) is 0 Å². The van der Waals surface area contributed by atoms with E-state index >= 15 is 0 Å². The Morgan fingerprint density at radius 1 is 0.950 bits per heavy atom. The lowest BCUT2D eigenvalue weighted by atomic mass is 10.1. The molecule has 2 aliphatic heterocycles. The first-order valence-electron chi connectivity index (χ1n) is 12.3. The van der Waals surface area contributed by atoms with E-state index in [1.807, 2.05) is 36.4 Å². The molecule has 40 heavy (non-hydrogen) atoms. The Hall–Kier alpha value is -3.75. The Morgan fingerprint density at radius 2 is 1.68 bits per heavy atom. The quantitative estimate of drug-likeness (QED) is 0.230. The van der Waals surface area contributed by atoms with E-state index in [0.717, 1.165) is 5.56 Å². The molecule has 2 saturated heterocycles. The summed E-state index contributed by atoms with van der Waals surface area (Å²) in [5, 5.41) is 5.40. The number of ether oxygens (including phenoxy) is 3. The average Bonchev–Trinajstić information content (AvgIpc) is 3.62. The average molecular weight is 568 g/mol. The lowest BCUT2D eigenvalue weighted by Crippen LogP contribution is -2.31. The van der Waals surface area contributed by atoms with Crippen molar-refractivity contribution in [3.05, 3.63) is 78.9 Å². The minimum atomic E-state index is -4.75. The summed E-state index contributed by atoms with van der Waals surface area (Å²) in [5.74, 6) is 0.179. The maximum atomic E-state index is 12.6. The fourth-order valence-electron chi connectivity index (χ4n) is 4.75. The molecule has 0 radical (unpaired) electrons. The van der Waals surface area contributed by atoms with E-state index in [9.17, 15) is 19.1 Å². The molecule has 2 fully saturated rings. The highest BCUT2D eigenvalue weighted by atomic mass is 31.2. The van der Waals surface area contributed by atoms with E-state index in [1.54, 1.807) is 28.8 Å². The number of imidazole rings is 1.